The number of hydrogen-bond acceptors (Lipinski definition) is 5. The van der Waals surface area contributed by atoms with Crippen LogP contribution < -0.4 is 4.74 Å². The van der Waals surface area contributed by atoms with E-state index in [1.807, 2.05) is 0 Å². The van der Waals surface area contributed by atoms with Crippen LogP contribution in [0.3, 0.4) is 0 Å². The van der Waals surface area contributed by atoms with Crippen molar-refractivity contribution in [2.24, 2.45) is 0 Å². The van der Waals surface area contributed by atoms with Crippen LogP contribution in [0.1, 0.15) is 27.6 Å². The van der Waals surface area contributed by atoms with Gasteiger partial charge in [-0.3, -0.25) is 14.5 Å². The Morgan fingerprint density at radius 3 is 2.45 bits per heavy atom. The minimum Gasteiger partial charge on any atom is -0.497 e. The summed E-state index contributed by atoms with van der Waals surface area (Å²) in [5.74, 6) is -0.723. The lowest BCUT2D eigenvalue weighted by Crippen LogP contribution is -2.67. The van der Waals surface area contributed by atoms with Crippen molar-refractivity contribution < 1.29 is 37.3 Å². The van der Waals surface area contributed by atoms with Gasteiger partial charge in [0, 0.05) is 5.56 Å². The van der Waals surface area contributed by atoms with Crippen molar-refractivity contribution in [1.29, 1.82) is 0 Å². The van der Waals surface area contributed by atoms with E-state index in [2.05, 4.69) is 0 Å². The van der Waals surface area contributed by atoms with Gasteiger partial charge >= 0.3 is 6.18 Å². The first-order chi connectivity index (χ1) is 13.7. The first-order valence-corrected chi connectivity index (χ1v) is 8.74. The fourth-order valence-corrected chi connectivity index (χ4v) is 3.65. The second-order valence-corrected chi connectivity index (χ2v) is 6.82. The summed E-state index contributed by atoms with van der Waals surface area (Å²) in [6, 6.07) is 9.48. The molecular weight excluding hydrogens is 391 g/mol. The summed E-state index contributed by atoms with van der Waals surface area (Å²) < 4.78 is 49.4. The van der Waals surface area contributed by atoms with Gasteiger partial charge in [-0.1, -0.05) is 12.1 Å². The normalized spacial score (nSPS) is 26.1. The predicted molar refractivity (Wildman–Crippen MR) is 93.0 cm³/mol. The third kappa shape index (κ3) is 3.16. The minimum atomic E-state index is -4.55. The molecule has 0 aliphatic carbocycles. The lowest BCUT2D eigenvalue weighted by molar-refractivity contribution is -0.159. The van der Waals surface area contributed by atoms with Crippen LogP contribution in [0.4, 0.5) is 13.2 Å². The third-order valence-electron chi connectivity index (χ3n) is 5.14. The van der Waals surface area contributed by atoms with E-state index >= 15 is 0 Å². The van der Waals surface area contributed by atoms with Crippen molar-refractivity contribution in [2.45, 2.75) is 30.5 Å². The summed E-state index contributed by atoms with van der Waals surface area (Å²) in [6.07, 6.45) is -8.12. The molecule has 2 aliphatic heterocycles. The Morgan fingerprint density at radius 1 is 1.14 bits per heavy atom. The number of nitrogens with zero attached hydrogens (tertiary/aromatic N) is 1. The van der Waals surface area contributed by atoms with Gasteiger partial charge in [-0.25, -0.2) is 0 Å². The number of likely N-dealkylation sites (tertiary alicyclic amines) is 1. The minimum absolute atomic E-state index is 0.0892. The number of carbonyl (C=O) groups is 2. The van der Waals surface area contributed by atoms with Gasteiger partial charge in [0.25, 0.3) is 11.8 Å². The van der Waals surface area contributed by atoms with Crippen molar-refractivity contribution in [1.82, 2.24) is 4.90 Å². The average Bonchev–Trinajstić information content (AvgIpc) is 3.00. The molecule has 1 N–H and O–H groups in total. The van der Waals surface area contributed by atoms with Crippen molar-refractivity contribution in [3.63, 3.8) is 0 Å². The van der Waals surface area contributed by atoms with Gasteiger partial charge in [0.15, 0.2) is 6.10 Å². The fourth-order valence-electron chi connectivity index (χ4n) is 3.65. The van der Waals surface area contributed by atoms with Crippen LogP contribution in [0.5, 0.6) is 5.75 Å². The molecule has 0 saturated carbocycles. The smallest absolute Gasteiger partial charge is 0.416 e. The van der Waals surface area contributed by atoms with Crippen LogP contribution in [0.2, 0.25) is 0 Å². The maximum Gasteiger partial charge on any atom is 0.416 e. The number of β-lactam (4-membered cyclic amide) rings is 1. The van der Waals surface area contributed by atoms with Gasteiger partial charge in [0.05, 0.1) is 12.7 Å². The van der Waals surface area contributed by atoms with Crippen molar-refractivity contribution in [3.05, 3.63) is 65.2 Å². The lowest BCUT2D eigenvalue weighted by atomic mass is 9.90. The van der Waals surface area contributed by atoms with Crippen LogP contribution in [0.15, 0.2) is 48.5 Å². The topological polar surface area (TPSA) is 76.1 Å². The predicted octanol–water partition coefficient (Wildman–Crippen LogP) is 2.57. The maximum atomic E-state index is 13.0. The number of benzene rings is 2. The number of imide groups is 1. The Bertz CT molecular complexity index is 959. The van der Waals surface area contributed by atoms with E-state index in [-0.39, 0.29) is 11.1 Å². The number of ether oxygens (including phenoxy) is 2. The molecule has 2 aliphatic rings. The molecule has 0 aromatic heterocycles. The molecule has 9 heteroatoms. The number of aliphatic hydroxyl groups is 1. The van der Waals surface area contributed by atoms with Gasteiger partial charge in [0.2, 0.25) is 0 Å². The highest BCUT2D eigenvalue weighted by Gasteiger charge is 2.62. The number of aliphatic hydroxyl groups excluding tert-OH is 1. The molecule has 2 saturated heterocycles. The number of alkyl halides is 3. The zero-order chi connectivity index (χ0) is 20.9. The number of hydrogen-bond donors (Lipinski definition) is 1. The molecule has 2 heterocycles. The van der Waals surface area contributed by atoms with Crippen molar-refractivity contribution >= 4 is 11.8 Å². The summed E-state index contributed by atoms with van der Waals surface area (Å²) >= 11 is 0. The van der Waals surface area contributed by atoms with Crippen LogP contribution in [0, 0.1) is 0 Å². The number of fused-ring (bicyclic) bond motifs is 1. The van der Waals surface area contributed by atoms with E-state index in [4.69, 9.17) is 9.47 Å². The summed E-state index contributed by atoms with van der Waals surface area (Å²) in [5, 5.41) is 10.6. The Morgan fingerprint density at radius 2 is 1.83 bits per heavy atom. The number of methoxy groups -OCH3 is 1. The molecule has 0 radical (unpaired) electrons. The molecule has 2 aromatic carbocycles. The number of rotatable bonds is 3. The average molecular weight is 407 g/mol. The summed E-state index contributed by atoms with van der Waals surface area (Å²) in [5.41, 5.74) is -0.582. The molecule has 6 nitrogen and oxygen atoms in total. The molecule has 152 valence electrons. The van der Waals surface area contributed by atoms with E-state index in [0.717, 1.165) is 17.0 Å². The second-order valence-electron chi connectivity index (χ2n) is 6.82. The van der Waals surface area contributed by atoms with E-state index in [9.17, 15) is 27.9 Å². The summed E-state index contributed by atoms with van der Waals surface area (Å²) in [6.45, 7) is 0. The van der Waals surface area contributed by atoms with E-state index in [0.29, 0.717) is 5.75 Å². The monoisotopic (exact) mass is 407 g/mol. The van der Waals surface area contributed by atoms with Gasteiger partial charge < -0.3 is 14.6 Å². The lowest BCUT2D eigenvalue weighted by Gasteiger charge is -2.41. The van der Waals surface area contributed by atoms with E-state index in [1.54, 1.807) is 12.1 Å². The second kappa shape index (κ2) is 6.85. The summed E-state index contributed by atoms with van der Waals surface area (Å²) in [4.78, 5) is 26.0. The molecule has 2 aromatic rings. The zero-order valence-electron chi connectivity index (χ0n) is 15.1. The largest absolute Gasteiger partial charge is 0.497 e. The van der Waals surface area contributed by atoms with Crippen molar-refractivity contribution in [2.75, 3.05) is 7.11 Å². The van der Waals surface area contributed by atoms with Crippen molar-refractivity contribution in [3.8, 4) is 5.75 Å². The molecule has 29 heavy (non-hydrogen) atoms. The SMILES string of the molecule is COc1ccc(C(=O)N2C(=O)[C@@H]3O[C@H](c4cccc(C(F)(F)F)c4)[C@@H](O)[C@@H]32)cc1. The molecule has 4 atom stereocenters. The molecule has 0 unspecified atom stereocenters. The van der Waals surface area contributed by atoms with Crippen LogP contribution in [-0.4, -0.2) is 47.2 Å². The number of halogens is 3. The van der Waals surface area contributed by atoms with E-state index in [1.165, 1.54) is 31.4 Å². The highest BCUT2D eigenvalue weighted by molar-refractivity contribution is 6.10. The molecule has 2 amide bonds. The standard InChI is InChI=1S/C20H16F3NO5/c1-28-13-7-5-10(6-8-13)18(26)24-14-15(25)16(29-17(14)19(24)27)11-3-2-4-12(9-11)20(21,22)23/h2-9,14-17,25H,1H3/t14-,15-,16+,17+/m0/s1. The summed E-state index contributed by atoms with van der Waals surface area (Å²) in [7, 11) is 1.47. The Hall–Kier alpha value is -2.91. The van der Waals surface area contributed by atoms with E-state index < -0.39 is 47.9 Å². The van der Waals surface area contributed by atoms with Gasteiger partial charge in [0.1, 0.15) is 24.0 Å². The first-order valence-electron chi connectivity index (χ1n) is 8.74. The maximum absolute atomic E-state index is 13.0. The van der Waals surface area contributed by atoms with Crippen LogP contribution in [0.25, 0.3) is 0 Å². The molecule has 0 bridgehead atoms. The quantitative estimate of drug-likeness (QED) is 0.625. The molecule has 0 spiro atoms. The van der Waals surface area contributed by atoms with Crippen LogP contribution in [-0.2, 0) is 15.7 Å². The van der Waals surface area contributed by atoms with Gasteiger partial charge in [-0.05, 0) is 42.0 Å². The Labute approximate surface area is 163 Å². The molecular formula is C20H16F3NO5. The Kier molecular flexibility index (Phi) is 4.59. The van der Waals surface area contributed by atoms with Crippen LogP contribution >= 0.6 is 0 Å². The molecule has 2 fully saturated rings. The Balaban J connectivity index is 1.57. The fraction of sp³-hybridized carbons (Fsp3) is 0.300. The molecule has 4 rings (SSSR count). The van der Waals surface area contributed by atoms with Gasteiger partial charge in [-0.2, -0.15) is 13.2 Å². The first kappa shape index (κ1) is 19.4. The number of amides is 2. The highest BCUT2D eigenvalue weighted by atomic mass is 19.4. The van der Waals surface area contributed by atoms with Gasteiger partial charge in [-0.15, -0.1) is 0 Å². The number of carbonyl (C=O) groups excluding carboxylic acids is 2. The highest BCUT2D eigenvalue weighted by Crippen LogP contribution is 2.44. The zero-order valence-corrected chi connectivity index (χ0v) is 15.1. The third-order valence-corrected chi connectivity index (χ3v) is 5.14.